The highest BCUT2D eigenvalue weighted by Gasteiger charge is 2.32. The van der Waals surface area contributed by atoms with Gasteiger partial charge in [-0.15, -0.1) is 0 Å². The first-order valence-corrected chi connectivity index (χ1v) is 11.0. The lowest BCUT2D eigenvalue weighted by Crippen LogP contribution is -2.37. The third-order valence-electron chi connectivity index (χ3n) is 6.50. The molecule has 2 heterocycles. The van der Waals surface area contributed by atoms with E-state index in [1.54, 1.807) is 7.11 Å². The minimum Gasteiger partial charge on any atom is -0.474 e. The van der Waals surface area contributed by atoms with Crippen LogP contribution >= 0.6 is 0 Å². The van der Waals surface area contributed by atoms with Crippen LogP contribution in [0.3, 0.4) is 0 Å². The first-order valence-electron chi connectivity index (χ1n) is 11.0. The monoisotopic (exact) mass is 415 g/mol. The SMILES string of the molecule is COC[C@H](C)Cc1ncc2c(OC3CC(O)C3)ncc(C3CCC(C)(O)CC3)c2n1. The number of pyridine rings is 1. The Morgan fingerprint density at radius 1 is 1.20 bits per heavy atom. The number of hydrogen-bond donors (Lipinski definition) is 2. The number of aromatic nitrogens is 3. The largest absolute Gasteiger partial charge is 0.474 e. The average molecular weight is 416 g/mol. The van der Waals surface area contributed by atoms with Crippen LogP contribution in [-0.2, 0) is 11.2 Å². The minimum absolute atomic E-state index is 0.00673. The molecule has 0 bridgehead atoms. The van der Waals surface area contributed by atoms with Gasteiger partial charge in [-0.2, -0.15) is 0 Å². The van der Waals surface area contributed by atoms with Gasteiger partial charge in [0.25, 0.3) is 0 Å². The van der Waals surface area contributed by atoms with Gasteiger partial charge in [-0.25, -0.2) is 15.0 Å². The average Bonchev–Trinajstić information content (AvgIpc) is 2.67. The van der Waals surface area contributed by atoms with Crippen molar-refractivity contribution in [3.8, 4) is 5.88 Å². The number of ether oxygens (including phenoxy) is 2. The molecule has 0 aromatic carbocycles. The topological polar surface area (TPSA) is 97.6 Å². The number of fused-ring (bicyclic) bond motifs is 1. The van der Waals surface area contributed by atoms with Crippen molar-refractivity contribution < 1.29 is 19.7 Å². The van der Waals surface area contributed by atoms with E-state index in [1.807, 2.05) is 19.3 Å². The highest BCUT2D eigenvalue weighted by Crippen LogP contribution is 2.41. The molecule has 0 radical (unpaired) electrons. The Morgan fingerprint density at radius 3 is 2.60 bits per heavy atom. The molecule has 30 heavy (non-hydrogen) atoms. The van der Waals surface area contributed by atoms with Crippen molar-refractivity contribution >= 4 is 10.9 Å². The molecular weight excluding hydrogens is 382 g/mol. The fourth-order valence-electron chi connectivity index (χ4n) is 4.54. The first kappa shape index (κ1) is 21.4. The lowest BCUT2D eigenvalue weighted by Gasteiger charge is -2.34. The Balaban J connectivity index is 1.66. The predicted molar refractivity (Wildman–Crippen MR) is 114 cm³/mol. The molecule has 2 fully saturated rings. The molecule has 1 atom stereocenters. The maximum atomic E-state index is 10.4. The second-order valence-corrected chi connectivity index (χ2v) is 9.47. The van der Waals surface area contributed by atoms with E-state index in [2.05, 4.69) is 16.9 Å². The van der Waals surface area contributed by atoms with Crippen LogP contribution in [0.1, 0.15) is 69.7 Å². The van der Waals surface area contributed by atoms with Gasteiger partial charge in [0.2, 0.25) is 5.88 Å². The van der Waals surface area contributed by atoms with Crippen molar-refractivity contribution in [3.63, 3.8) is 0 Å². The van der Waals surface area contributed by atoms with E-state index in [4.69, 9.17) is 14.5 Å². The highest BCUT2D eigenvalue weighted by molar-refractivity contribution is 5.85. The Kier molecular flexibility index (Phi) is 6.23. The number of aliphatic hydroxyl groups excluding tert-OH is 1. The molecule has 4 rings (SSSR count). The molecule has 2 aliphatic rings. The van der Waals surface area contributed by atoms with E-state index >= 15 is 0 Å². The number of hydrogen-bond acceptors (Lipinski definition) is 7. The van der Waals surface area contributed by atoms with Crippen LogP contribution in [0.2, 0.25) is 0 Å². The quantitative estimate of drug-likeness (QED) is 0.717. The summed E-state index contributed by atoms with van der Waals surface area (Å²) < 4.78 is 11.3. The van der Waals surface area contributed by atoms with Crippen LogP contribution in [0.15, 0.2) is 12.4 Å². The lowest BCUT2D eigenvalue weighted by atomic mass is 9.77. The fourth-order valence-corrected chi connectivity index (χ4v) is 4.54. The second kappa shape index (κ2) is 8.73. The third kappa shape index (κ3) is 4.74. The van der Waals surface area contributed by atoms with Gasteiger partial charge in [-0.3, -0.25) is 0 Å². The van der Waals surface area contributed by atoms with E-state index in [-0.39, 0.29) is 12.2 Å². The van der Waals surface area contributed by atoms with Crippen molar-refractivity contribution in [1.82, 2.24) is 15.0 Å². The van der Waals surface area contributed by atoms with Crippen LogP contribution in [0.25, 0.3) is 10.9 Å². The van der Waals surface area contributed by atoms with E-state index < -0.39 is 5.60 Å². The van der Waals surface area contributed by atoms with Crippen LogP contribution in [0.5, 0.6) is 5.88 Å². The first-order chi connectivity index (χ1) is 14.3. The maximum absolute atomic E-state index is 10.4. The summed E-state index contributed by atoms with van der Waals surface area (Å²) in [5.74, 6) is 1.99. The molecule has 0 unspecified atom stereocenters. The highest BCUT2D eigenvalue weighted by atomic mass is 16.5. The number of methoxy groups -OCH3 is 1. The van der Waals surface area contributed by atoms with Gasteiger partial charge in [0.05, 0.1) is 22.6 Å². The van der Waals surface area contributed by atoms with Crippen molar-refractivity contribution in [2.75, 3.05) is 13.7 Å². The van der Waals surface area contributed by atoms with Crippen molar-refractivity contribution in [1.29, 1.82) is 0 Å². The summed E-state index contributed by atoms with van der Waals surface area (Å²) in [6.07, 6.45) is 8.84. The zero-order chi connectivity index (χ0) is 21.3. The van der Waals surface area contributed by atoms with Gasteiger partial charge >= 0.3 is 0 Å². The molecule has 2 aromatic heterocycles. The molecule has 0 spiro atoms. The second-order valence-electron chi connectivity index (χ2n) is 9.47. The van der Waals surface area contributed by atoms with Gasteiger partial charge in [0.1, 0.15) is 11.9 Å². The number of nitrogens with zero attached hydrogens (tertiary/aromatic N) is 3. The Hall–Kier alpha value is -1.83. The molecule has 164 valence electrons. The zero-order valence-corrected chi connectivity index (χ0v) is 18.2. The minimum atomic E-state index is -0.580. The lowest BCUT2D eigenvalue weighted by molar-refractivity contribution is -0.0121. The van der Waals surface area contributed by atoms with Crippen molar-refractivity contribution in [2.45, 2.75) is 82.5 Å². The predicted octanol–water partition coefficient (Wildman–Crippen LogP) is 3.16. The molecular formula is C23H33N3O4. The normalized spacial score (nSPS) is 30.1. The van der Waals surface area contributed by atoms with Gasteiger partial charge in [0.15, 0.2) is 0 Å². The summed E-state index contributed by atoms with van der Waals surface area (Å²) in [5.41, 5.74) is 1.44. The number of aliphatic hydroxyl groups is 2. The standard InChI is InChI=1S/C23H33N3O4/c1-14(13-29-3)8-20-24-12-19-21(26-20)18(15-4-6-23(2,28)7-5-15)11-25-22(19)30-17-9-16(27)10-17/h11-12,14-17,27-28H,4-10,13H2,1-3H3/t14-,15?,16?,17?,23?/m1/s1. The summed E-state index contributed by atoms with van der Waals surface area (Å²) in [7, 11) is 1.71. The molecule has 7 heteroatoms. The van der Waals surface area contributed by atoms with E-state index in [9.17, 15) is 10.2 Å². The summed E-state index contributed by atoms with van der Waals surface area (Å²) in [4.78, 5) is 14.1. The Morgan fingerprint density at radius 2 is 1.93 bits per heavy atom. The van der Waals surface area contributed by atoms with Crippen molar-refractivity contribution in [3.05, 3.63) is 23.8 Å². The molecule has 2 aliphatic carbocycles. The third-order valence-corrected chi connectivity index (χ3v) is 6.50. The van der Waals surface area contributed by atoms with Crippen LogP contribution in [0, 0.1) is 5.92 Å². The van der Waals surface area contributed by atoms with Gasteiger partial charge in [0, 0.05) is 50.9 Å². The maximum Gasteiger partial charge on any atom is 0.224 e. The van der Waals surface area contributed by atoms with Gasteiger partial charge in [-0.05, 0) is 44.4 Å². The van der Waals surface area contributed by atoms with Crippen LogP contribution in [0.4, 0.5) is 0 Å². The van der Waals surface area contributed by atoms with Crippen LogP contribution in [-0.4, -0.2) is 56.7 Å². The Labute approximate surface area is 177 Å². The summed E-state index contributed by atoms with van der Waals surface area (Å²) in [5, 5.41) is 20.8. The van der Waals surface area contributed by atoms with E-state index in [1.165, 1.54) is 0 Å². The molecule has 0 amide bonds. The van der Waals surface area contributed by atoms with Gasteiger partial charge < -0.3 is 19.7 Å². The summed E-state index contributed by atoms with van der Waals surface area (Å²) in [6.45, 7) is 4.71. The Bertz CT molecular complexity index is 872. The van der Waals surface area contributed by atoms with E-state index in [0.29, 0.717) is 37.2 Å². The number of rotatable bonds is 7. The van der Waals surface area contributed by atoms with Gasteiger partial charge in [-0.1, -0.05) is 6.92 Å². The molecule has 0 saturated heterocycles. The molecule has 2 N–H and O–H groups in total. The molecule has 2 aromatic rings. The van der Waals surface area contributed by atoms with E-state index in [0.717, 1.165) is 54.4 Å². The molecule has 2 saturated carbocycles. The molecule has 7 nitrogen and oxygen atoms in total. The van der Waals surface area contributed by atoms with Crippen LogP contribution < -0.4 is 4.74 Å². The van der Waals surface area contributed by atoms with Crippen molar-refractivity contribution in [2.24, 2.45) is 5.92 Å². The summed E-state index contributed by atoms with van der Waals surface area (Å²) in [6, 6.07) is 0. The fraction of sp³-hybridized carbons (Fsp3) is 0.696. The smallest absolute Gasteiger partial charge is 0.224 e. The zero-order valence-electron chi connectivity index (χ0n) is 18.2. The summed E-state index contributed by atoms with van der Waals surface area (Å²) >= 11 is 0. The molecule has 0 aliphatic heterocycles.